The van der Waals surface area contributed by atoms with Gasteiger partial charge in [-0.3, -0.25) is 0 Å². The van der Waals surface area contributed by atoms with Gasteiger partial charge in [-0.2, -0.15) is 0 Å². The summed E-state index contributed by atoms with van der Waals surface area (Å²) in [6.45, 7) is 0. The molecule has 0 spiro atoms. The highest BCUT2D eigenvalue weighted by Gasteiger charge is 2.20. The zero-order valence-corrected chi connectivity index (χ0v) is 8.80. The standard InChI is InChI=1S/C6H13O2PS2/c7-9(8,10)11-6-4-2-1-3-5-6/h6H,1-5H2,(H2,7,8,10). The van der Waals surface area contributed by atoms with E-state index in [-0.39, 0.29) is 0 Å². The van der Waals surface area contributed by atoms with Gasteiger partial charge in [0, 0.05) is 5.25 Å². The van der Waals surface area contributed by atoms with Crippen molar-refractivity contribution in [3.63, 3.8) is 0 Å². The highest BCUT2D eigenvalue weighted by molar-refractivity contribution is 8.67. The van der Waals surface area contributed by atoms with Crippen LogP contribution in [0, 0.1) is 0 Å². The SMILES string of the molecule is OP(O)(=S)SC1CCCCC1. The van der Waals surface area contributed by atoms with Crippen LogP contribution in [0.25, 0.3) is 0 Å². The van der Waals surface area contributed by atoms with Crippen LogP contribution in [0.4, 0.5) is 0 Å². The number of hydrogen-bond acceptors (Lipinski definition) is 2. The first kappa shape index (κ1) is 10.0. The summed E-state index contributed by atoms with van der Waals surface area (Å²) in [6.07, 6.45) is 5.92. The summed E-state index contributed by atoms with van der Waals surface area (Å²) in [6, 6.07) is 0. The first-order valence-corrected chi connectivity index (χ1v) is 8.01. The molecule has 0 aromatic rings. The molecule has 0 aromatic carbocycles. The third-order valence-corrected chi connectivity index (χ3v) is 5.38. The fourth-order valence-corrected chi connectivity index (χ4v) is 5.19. The number of hydrogen-bond donors (Lipinski definition) is 2. The molecule has 0 bridgehead atoms. The van der Waals surface area contributed by atoms with Crippen LogP contribution in [0.2, 0.25) is 0 Å². The molecular weight excluding hydrogens is 199 g/mol. The molecule has 0 aromatic heterocycles. The van der Waals surface area contributed by atoms with Gasteiger partial charge in [0.15, 0.2) is 0 Å². The fourth-order valence-electron chi connectivity index (χ4n) is 1.36. The molecule has 0 unspecified atom stereocenters. The smallest absolute Gasteiger partial charge is 0.242 e. The van der Waals surface area contributed by atoms with Crippen LogP contribution in [-0.2, 0) is 11.8 Å². The Balaban J connectivity index is 2.30. The van der Waals surface area contributed by atoms with Crippen molar-refractivity contribution in [2.45, 2.75) is 37.4 Å². The average Bonchev–Trinajstić information content (AvgIpc) is 1.85. The van der Waals surface area contributed by atoms with Crippen LogP contribution in [0.3, 0.4) is 0 Å². The normalized spacial score (nSPS) is 22.0. The minimum absolute atomic E-state index is 0.407. The Morgan fingerprint density at radius 3 is 2.18 bits per heavy atom. The maximum atomic E-state index is 9.01. The lowest BCUT2D eigenvalue weighted by Gasteiger charge is -2.22. The molecule has 2 nitrogen and oxygen atoms in total. The van der Waals surface area contributed by atoms with Crippen LogP contribution >= 0.6 is 17.1 Å². The van der Waals surface area contributed by atoms with E-state index in [1.54, 1.807) is 0 Å². The van der Waals surface area contributed by atoms with Gasteiger partial charge in [0.1, 0.15) is 0 Å². The molecular formula is C6H13O2PS2. The third kappa shape index (κ3) is 4.48. The van der Waals surface area contributed by atoms with Crippen molar-refractivity contribution in [1.29, 1.82) is 0 Å². The summed E-state index contributed by atoms with van der Waals surface area (Å²) in [5.41, 5.74) is -2.98. The van der Waals surface area contributed by atoms with Crippen molar-refractivity contribution < 1.29 is 9.79 Å². The van der Waals surface area contributed by atoms with E-state index in [4.69, 9.17) is 9.79 Å². The molecule has 1 aliphatic carbocycles. The summed E-state index contributed by atoms with van der Waals surface area (Å²) >= 11 is 5.77. The van der Waals surface area contributed by atoms with Crippen molar-refractivity contribution in [2.75, 3.05) is 0 Å². The van der Waals surface area contributed by atoms with E-state index < -0.39 is 5.69 Å². The Morgan fingerprint density at radius 2 is 1.73 bits per heavy atom. The summed E-state index contributed by atoms with van der Waals surface area (Å²) in [5, 5.41) is 0.407. The lowest BCUT2D eigenvalue weighted by atomic mass is 10.0. The first-order valence-electron chi connectivity index (χ1n) is 3.82. The Labute approximate surface area is 76.3 Å². The highest BCUT2D eigenvalue weighted by Crippen LogP contribution is 2.55. The lowest BCUT2D eigenvalue weighted by Crippen LogP contribution is -2.07. The van der Waals surface area contributed by atoms with E-state index in [1.807, 2.05) is 0 Å². The second-order valence-electron chi connectivity index (χ2n) is 2.86. The monoisotopic (exact) mass is 212 g/mol. The van der Waals surface area contributed by atoms with Gasteiger partial charge in [-0.05, 0) is 24.6 Å². The van der Waals surface area contributed by atoms with Crippen LogP contribution in [-0.4, -0.2) is 15.0 Å². The largest absolute Gasteiger partial charge is 0.338 e. The molecule has 0 saturated heterocycles. The maximum absolute atomic E-state index is 9.01. The summed E-state index contributed by atoms with van der Waals surface area (Å²) < 4.78 is 0. The van der Waals surface area contributed by atoms with Gasteiger partial charge in [0.05, 0.1) is 0 Å². The van der Waals surface area contributed by atoms with Crippen molar-refractivity contribution in [3.05, 3.63) is 0 Å². The van der Waals surface area contributed by atoms with Crippen LogP contribution < -0.4 is 0 Å². The van der Waals surface area contributed by atoms with E-state index in [9.17, 15) is 0 Å². The Morgan fingerprint density at radius 1 is 1.18 bits per heavy atom. The molecule has 0 atom stereocenters. The van der Waals surface area contributed by atoms with Crippen LogP contribution in [0.5, 0.6) is 0 Å². The molecule has 1 aliphatic rings. The molecule has 1 rings (SSSR count). The minimum atomic E-state index is -2.98. The van der Waals surface area contributed by atoms with Crippen LogP contribution in [0.15, 0.2) is 0 Å². The quantitative estimate of drug-likeness (QED) is 0.689. The molecule has 0 amide bonds. The highest BCUT2D eigenvalue weighted by atomic mass is 32.9. The predicted octanol–water partition coefficient (Wildman–Crippen LogP) is 2.26. The summed E-state index contributed by atoms with van der Waals surface area (Å²) in [7, 11) is 0. The predicted molar refractivity (Wildman–Crippen MR) is 53.2 cm³/mol. The van der Waals surface area contributed by atoms with Crippen molar-refractivity contribution in [2.24, 2.45) is 0 Å². The summed E-state index contributed by atoms with van der Waals surface area (Å²) in [4.78, 5) is 18.0. The second kappa shape index (κ2) is 4.24. The molecule has 66 valence electrons. The van der Waals surface area contributed by atoms with Gasteiger partial charge in [-0.1, -0.05) is 30.6 Å². The molecule has 1 saturated carbocycles. The van der Waals surface area contributed by atoms with E-state index in [0.29, 0.717) is 5.25 Å². The Hall–Kier alpha value is 0.920. The molecule has 1 fully saturated rings. The van der Waals surface area contributed by atoms with E-state index in [0.717, 1.165) is 12.8 Å². The Bertz CT molecular complexity index is 162. The lowest BCUT2D eigenvalue weighted by molar-refractivity contribution is 0.495. The topological polar surface area (TPSA) is 40.5 Å². The van der Waals surface area contributed by atoms with Crippen LogP contribution in [0.1, 0.15) is 32.1 Å². The maximum Gasteiger partial charge on any atom is 0.242 e. The van der Waals surface area contributed by atoms with Crippen molar-refractivity contribution >= 4 is 28.9 Å². The zero-order chi connectivity index (χ0) is 8.32. The van der Waals surface area contributed by atoms with Gasteiger partial charge < -0.3 is 9.79 Å². The zero-order valence-electron chi connectivity index (χ0n) is 6.27. The average molecular weight is 212 g/mol. The molecule has 0 aliphatic heterocycles. The molecule has 0 radical (unpaired) electrons. The second-order valence-corrected chi connectivity index (χ2v) is 9.10. The van der Waals surface area contributed by atoms with Gasteiger partial charge in [-0.15, -0.1) is 0 Å². The third-order valence-electron chi connectivity index (χ3n) is 1.84. The van der Waals surface area contributed by atoms with E-state index in [2.05, 4.69) is 11.8 Å². The van der Waals surface area contributed by atoms with E-state index >= 15 is 0 Å². The van der Waals surface area contributed by atoms with Gasteiger partial charge in [-0.25, -0.2) is 0 Å². The van der Waals surface area contributed by atoms with E-state index in [1.165, 1.54) is 30.6 Å². The number of rotatable bonds is 2. The van der Waals surface area contributed by atoms with Gasteiger partial charge in [0.2, 0.25) is 5.69 Å². The van der Waals surface area contributed by atoms with Gasteiger partial charge in [0.25, 0.3) is 0 Å². The minimum Gasteiger partial charge on any atom is -0.338 e. The van der Waals surface area contributed by atoms with Crippen molar-refractivity contribution in [1.82, 2.24) is 0 Å². The fraction of sp³-hybridized carbons (Fsp3) is 1.00. The van der Waals surface area contributed by atoms with Gasteiger partial charge >= 0.3 is 0 Å². The van der Waals surface area contributed by atoms with Crippen molar-refractivity contribution in [3.8, 4) is 0 Å². The Kier molecular flexibility index (Phi) is 3.86. The molecule has 2 N–H and O–H groups in total. The first-order chi connectivity index (χ1) is 5.08. The molecule has 5 heteroatoms. The molecule has 11 heavy (non-hydrogen) atoms. The summed E-state index contributed by atoms with van der Waals surface area (Å²) in [5.74, 6) is 0. The molecule has 0 heterocycles.